The molecule has 2 aliphatic carbocycles. The lowest BCUT2D eigenvalue weighted by Gasteiger charge is -2.41. The minimum Gasteiger partial charge on any atom is -0.341 e. The van der Waals surface area contributed by atoms with Gasteiger partial charge in [-0.05, 0) is 43.4 Å². The molecule has 1 spiro atoms. The summed E-state index contributed by atoms with van der Waals surface area (Å²) in [5, 5.41) is 2.94. The predicted molar refractivity (Wildman–Crippen MR) is 97.3 cm³/mol. The fraction of sp³-hybridized carbons (Fsp3) is 0.850. The van der Waals surface area contributed by atoms with Crippen LogP contribution >= 0.6 is 0 Å². The minimum atomic E-state index is -0.772. The summed E-state index contributed by atoms with van der Waals surface area (Å²) in [5.41, 5.74) is -0.772. The molecule has 0 bridgehead atoms. The van der Waals surface area contributed by atoms with E-state index in [1.54, 1.807) is 0 Å². The van der Waals surface area contributed by atoms with Crippen LogP contribution in [-0.4, -0.2) is 52.8 Å². The van der Waals surface area contributed by atoms with E-state index < -0.39 is 5.54 Å². The Kier molecular flexibility index (Phi) is 4.70. The standard InChI is InChI=1S/C20H31N3O3/c1-14-6-4-5-10-20(14)18(25)23(19(26)21-20)13-17(24)22-11-9-15-7-2-3-8-16(15)12-22/h14-16H,2-13H2,1H3,(H,21,26)/t14-,15+,16+,20+/m1/s1. The predicted octanol–water partition coefficient (Wildman–Crippen LogP) is 2.53. The number of hydrogen-bond donors (Lipinski definition) is 1. The molecule has 4 rings (SSSR count). The molecule has 6 nitrogen and oxygen atoms in total. The van der Waals surface area contributed by atoms with Gasteiger partial charge in [0.15, 0.2) is 0 Å². The van der Waals surface area contributed by atoms with Gasteiger partial charge in [-0.3, -0.25) is 14.5 Å². The number of hydrogen-bond acceptors (Lipinski definition) is 3. The van der Waals surface area contributed by atoms with Gasteiger partial charge in [-0.1, -0.05) is 39.0 Å². The number of urea groups is 1. The van der Waals surface area contributed by atoms with Crippen molar-refractivity contribution in [3.63, 3.8) is 0 Å². The van der Waals surface area contributed by atoms with Crippen LogP contribution in [0, 0.1) is 17.8 Å². The van der Waals surface area contributed by atoms with Crippen LogP contribution in [0.3, 0.4) is 0 Å². The molecule has 2 saturated heterocycles. The van der Waals surface area contributed by atoms with Crippen molar-refractivity contribution in [3.8, 4) is 0 Å². The first-order chi connectivity index (χ1) is 12.5. The number of rotatable bonds is 2. The zero-order valence-electron chi connectivity index (χ0n) is 15.8. The van der Waals surface area contributed by atoms with Gasteiger partial charge in [-0.25, -0.2) is 4.79 Å². The Morgan fingerprint density at radius 2 is 1.81 bits per heavy atom. The summed E-state index contributed by atoms with van der Waals surface area (Å²) in [4.78, 5) is 41.4. The molecule has 0 aromatic carbocycles. The highest BCUT2D eigenvalue weighted by Crippen LogP contribution is 2.39. The van der Waals surface area contributed by atoms with E-state index in [-0.39, 0.29) is 30.3 Å². The number of fused-ring (bicyclic) bond motifs is 1. The first kappa shape index (κ1) is 17.8. The highest BCUT2D eigenvalue weighted by atomic mass is 16.2. The lowest BCUT2D eigenvalue weighted by atomic mass is 9.73. The molecule has 2 heterocycles. The quantitative estimate of drug-likeness (QED) is 0.769. The summed E-state index contributed by atoms with van der Waals surface area (Å²) in [6, 6.07) is -0.385. The van der Waals surface area contributed by atoms with Gasteiger partial charge in [0.1, 0.15) is 12.1 Å². The molecule has 6 heteroatoms. The zero-order valence-corrected chi connectivity index (χ0v) is 15.8. The van der Waals surface area contributed by atoms with Crippen LogP contribution in [0.25, 0.3) is 0 Å². The number of nitrogens with zero attached hydrogens (tertiary/aromatic N) is 2. The molecule has 4 fully saturated rings. The van der Waals surface area contributed by atoms with E-state index in [2.05, 4.69) is 5.32 Å². The molecule has 2 aliphatic heterocycles. The summed E-state index contributed by atoms with van der Waals surface area (Å²) in [7, 11) is 0. The molecule has 4 amide bonds. The third kappa shape index (κ3) is 2.91. The van der Waals surface area contributed by atoms with Gasteiger partial charge < -0.3 is 10.2 Å². The first-order valence-electron chi connectivity index (χ1n) is 10.4. The van der Waals surface area contributed by atoms with E-state index in [1.807, 2.05) is 11.8 Å². The molecular weight excluding hydrogens is 330 g/mol. The Hall–Kier alpha value is -1.59. The van der Waals surface area contributed by atoms with Crippen molar-refractivity contribution < 1.29 is 14.4 Å². The third-order valence-corrected chi connectivity index (χ3v) is 7.44. The van der Waals surface area contributed by atoms with E-state index in [1.165, 1.54) is 30.6 Å². The van der Waals surface area contributed by atoms with Crippen molar-refractivity contribution in [3.05, 3.63) is 0 Å². The maximum Gasteiger partial charge on any atom is 0.325 e. The number of carbonyl (C=O) groups excluding carboxylic acids is 3. The van der Waals surface area contributed by atoms with Crippen LogP contribution in [0.15, 0.2) is 0 Å². The van der Waals surface area contributed by atoms with E-state index in [4.69, 9.17) is 0 Å². The second kappa shape index (κ2) is 6.86. The molecule has 0 aromatic rings. The molecule has 1 N–H and O–H groups in total. The summed E-state index contributed by atoms with van der Waals surface area (Å²) in [5.74, 6) is 1.24. The fourth-order valence-electron chi connectivity index (χ4n) is 5.70. The molecule has 2 saturated carbocycles. The molecule has 144 valence electrons. The average Bonchev–Trinajstić information content (AvgIpc) is 2.89. The lowest BCUT2D eigenvalue weighted by Crippen LogP contribution is -2.54. The van der Waals surface area contributed by atoms with Crippen molar-refractivity contribution in [2.24, 2.45) is 17.8 Å². The van der Waals surface area contributed by atoms with Crippen LogP contribution in [-0.2, 0) is 9.59 Å². The maximum atomic E-state index is 13.0. The van der Waals surface area contributed by atoms with Gasteiger partial charge >= 0.3 is 6.03 Å². The molecule has 4 aliphatic rings. The summed E-state index contributed by atoms with van der Waals surface area (Å²) in [6.07, 6.45) is 9.83. The minimum absolute atomic E-state index is 0.0713. The molecule has 26 heavy (non-hydrogen) atoms. The first-order valence-corrected chi connectivity index (χ1v) is 10.4. The SMILES string of the molecule is C[C@@H]1CCCC[C@]12NC(=O)N(CC(=O)N1CC[C@@H]3CCCC[C@H]3C1)C2=O. The van der Waals surface area contributed by atoms with Crippen LogP contribution in [0.1, 0.15) is 64.7 Å². The number of nitrogens with one attached hydrogen (secondary N) is 1. The van der Waals surface area contributed by atoms with E-state index in [9.17, 15) is 14.4 Å². The second-order valence-corrected chi connectivity index (χ2v) is 8.87. The molecule has 4 atom stereocenters. The average molecular weight is 361 g/mol. The van der Waals surface area contributed by atoms with Crippen molar-refractivity contribution in [1.82, 2.24) is 15.1 Å². The molecule has 0 aromatic heterocycles. The lowest BCUT2D eigenvalue weighted by molar-refractivity contribution is -0.142. The Morgan fingerprint density at radius 3 is 2.58 bits per heavy atom. The van der Waals surface area contributed by atoms with Crippen molar-refractivity contribution in [2.75, 3.05) is 19.6 Å². The number of carbonyl (C=O) groups is 3. The molecule has 0 radical (unpaired) electrons. The van der Waals surface area contributed by atoms with Crippen LogP contribution in [0.5, 0.6) is 0 Å². The third-order valence-electron chi connectivity index (χ3n) is 7.44. The Balaban J connectivity index is 1.41. The highest BCUT2D eigenvalue weighted by molar-refractivity contribution is 6.09. The number of imide groups is 1. The highest BCUT2D eigenvalue weighted by Gasteiger charge is 2.55. The van der Waals surface area contributed by atoms with E-state index in [0.29, 0.717) is 12.3 Å². The van der Waals surface area contributed by atoms with Gasteiger partial charge in [0.2, 0.25) is 5.91 Å². The van der Waals surface area contributed by atoms with Crippen LogP contribution in [0.4, 0.5) is 4.79 Å². The summed E-state index contributed by atoms with van der Waals surface area (Å²) in [6.45, 7) is 3.51. The van der Waals surface area contributed by atoms with Gasteiger partial charge in [0, 0.05) is 13.1 Å². The normalized spacial score (nSPS) is 37.7. The summed E-state index contributed by atoms with van der Waals surface area (Å²) < 4.78 is 0. The van der Waals surface area contributed by atoms with Crippen molar-refractivity contribution in [2.45, 2.75) is 70.3 Å². The maximum absolute atomic E-state index is 13.0. The number of piperidine rings is 1. The largest absolute Gasteiger partial charge is 0.341 e. The topological polar surface area (TPSA) is 69.7 Å². The molecular formula is C20H31N3O3. The monoisotopic (exact) mass is 361 g/mol. The van der Waals surface area contributed by atoms with Crippen LogP contribution in [0.2, 0.25) is 0 Å². The smallest absolute Gasteiger partial charge is 0.325 e. The van der Waals surface area contributed by atoms with Gasteiger partial charge in [0.05, 0.1) is 0 Å². The Morgan fingerprint density at radius 1 is 1.08 bits per heavy atom. The summed E-state index contributed by atoms with van der Waals surface area (Å²) >= 11 is 0. The fourth-order valence-corrected chi connectivity index (χ4v) is 5.70. The van der Waals surface area contributed by atoms with Crippen LogP contribution < -0.4 is 5.32 Å². The number of likely N-dealkylation sites (tertiary alicyclic amines) is 1. The van der Waals surface area contributed by atoms with Gasteiger partial charge in [-0.15, -0.1) is 0 Å². The van der Waals surface area contributed by atoms with E-state index in [0.717, 1.165) is 44.7 Å². The zero-order chi connectivity index (χ0) is 18.3. The molecule has 0 unspecified atom stereocenters. The van der Waals surface area contributed by atoms with Crippen molar-refractivity contribution >= 4 is 17.8 Å². The van der Waals surface area contributed by atoms with Crippen molar-refractivity contribution in [1.29, 1.82) is 0 Å². The van der Waals surface area contributed by atoms with Gasteiger partial charge in [0.25, 0.3) is 5.91 Å². The second-order valence-electron chi connectivity index (χ2n) is 8.87. The van der Waals surface area contributed by atoms with E-state index >= 15 is 0 Å². The van der Waals surface area contributed by atoms with Gasteiger partial charge in [-0.2, -0.15) is 0 Å². The Labute approximate surface area is 155 Å². The number of amides is 4. The Bertz CT molecular complexity index is 607.